The van der Waals surface area contributed by atoms with Crippen LogP contribution in [0.5, 0.6) is 0 Å². The number of rotatable bonds is 4. The highest BCUT2D eigenvalue weighted by Crippen LogP contribution is 2.19. The van der Waals surface area contributed by atoms with Crippen LogP contribution in [0, 0.1) is 22.6 Å². The highest BCUT2D eigenvalue weighted by molar-refractivity contribution is 5.48. The van der Waals surface area contributed by atoms with Crippen molar-refractivity contribution in [2.75, 3.05) is 18.5 Å². The Bertz CT molecular complexity index is 410. The quantitative estimate of drug-likeness (QED) is 0.820. The van der Waals surface area contributed by atoms with Crippen LogP contribution in [0.3, 0.4) is 0 Å². The zero-order valence-corrected chi connectivity index (χ0v) is 9.42. The van der Waals surface area contributed by atoms with Crippen molar-refractivity contribution in [3.63, 3.8) is 0 Å². The molecule has 0 saturated heterocycles. The van der Waals surface area contributed by atoms with Gasteiger partial charge in [0.05, 0.1) is 17.3 Å². The third-order valence-corrected chi connectivity index (χ3v) is 2.28. The van der Waals surface area contributed by atoms with Crippen LogP contribution in [0.1, 0.15) is 19.4 Å². The second-order valence-electron chi connectivity index (χ2n) is 4.48. The van der Waals surface area contributed by atoms with Crippen molar-refractivity contribution in [1.29, 1.82) is 5.26 Å². The number of anilines is 1. The van der Waals surface area contributed by atoms with E-state index < -0.39 is 5.82 Å². The molecule has 0 heterocycles. The summed E-state index contributed by atoms with van der Waals surface area (Å²) in [6.07, 6.45) is 0. The van der Waals surface area contributed by atoms with E-state index in [1.54, 1.807) is 6.07 Å². The van der Waals surface area contributed by atoms with Crippen LogP contribution in [0.2, 0.25) is 0 Å². The van der Waals surface area contributed by atoms with E-state index in [1.165, 1.54) is 12.1 Å². The second-order valence-corrected chi connectivity index (χ2v) is 4.48. The first-order valence-corrected chi connectivity index (χ1v) is 5.03. The molecule has 0 aliphatic rings. The van der Waals surface area contributed by atoms with Gasteiger partial charge in [-0.1, -0.05) is 13.8 Å². The van der Waals surface area contributed by atoms with Gasteiger partial charge < -0.3 is 10.4 Å². The smallest absolute Gasteiger partial charge is 0.147 e. The number of aliphatic hydroxyl groups excluding tert-OH is 1. The Balaban J connectivity index is 2.73. The number of halogens is 1. The van der Waals surface area contributed by atoms with Gasteiger partial charge in [0.1, 0.15) is 5.82 Å². The Morgan fingerprint density at radius 3 is 2.69 bits per heavy atom. The molecule has 0 aliphatic heterocycles. The van der Waals surface area contributed by atoms with Crippen molar-refractivity contribution < 1.29 is 9.50 Å². The maximum absolute atomic E-state index is 13.4. The molecule has 1 rings (SSSR count). The van der Waals surface area contributed by atoms with Gasteiger partial charge in [0.2, 0.25) is 0 Å². The monoisotopic (exact) mass is 222 g/mol. The van der Waals surface area contributed by atoms with Crippen LogP contribution in [0.15, 0.2) is 18.2 Å². The van der Waals surface area contributed by atoms with Gasteiger partial charge in [-0.25, -0.2) is 4.39 Å². The highest BCUT2D eigenvalue weighted by atomic mass is 19.1. The molecule has 0 amide bonds. The summed E-state index contributed by atoms with van der Waals surface area (Å²) in [6, 6.07) is 6.14. The summed E-state index contributed by atoms with van der Waals surface area (Å²) >= 11 is 0. The first-order chi connectivity index (χ1) is 7.48. The van der Waals surface area contributed by atoms with Crippen LogP contribution in [-0.2, 0) is 0 Å². The molecule has 0 aromatic heterocycles. The Labute approximate surface area is 94.5 Å². The number of nitriles is 1. The Morgan fingerprint density at radius 2 is 2.19 bits per heavy atom. The molecule has 0 saturated carbocycles. The molecule has 0 spiro atoms. The van der Waals surface area contributed by atoms with Crippen molar-refractivity contribution in [2.24, 2.45) is 5.41 Å². The zero-order chi connectivity index (χ0) is 12.2. The molecule has 2 N–H and O–H groups in total. The van der Waals surface area contributed by atoms with Crippen molar-refractivity contribution in [3.8, 4) is 6.07 Å². The van der Waals surface area contributed by atoms with Crippen molar-refractivity contribution in [2.45, 2.75) is 13.8 Å². The van der Waals surface area contributed by atoms with Gasteiger partial charge in [0.25, 0.3) is 0 Å². The normalized spacial score (nSPS) is 10.9. The zero-order valence-electron chi connectivity index (χ0n) is 9.42. The van der Waals surface area contributed by atoms with E-state index in [4.69, 9.17) is 10.4 Å². The molecular formula is C12H15FN2O. The van der Waals surface area contributed by atoms with Gasteiger partial charge in [-0.05, 0) is 18.2 Å². The molecular weight excluding hydrogens is 207 g/mol. The van der Waals surface area contributed by atoms with Gasteiger partial charge >= 0.3 is 0 Å². The SMILES string of the molecule is CC(C)(CO)CNc1ccc(C#N)cc1F. The average molecular weight is 222 g/mol. The lowest BCUT2D eigenvalue weighted by Crippen LogP contribution is -2.27. The number of hydrogen-bond donors (Lipinski definition) is 2. The topological polar surface area (TPSA) is 56.0 Å². The number of nitrogens with one attached hydrogen (secondary N) is 1. The second kappa shape index (κ2) is 4.95. The lowest BCUT2D eigenvalue weighted by Gasteiger charge is -2.22. The van der Waals surface area contributed by atoms with E-state index in [1.807, 2.05) is 19.9 Å². The lowest BCUT2D eigenvalue weighted by molar-refractivity contribution is 0.170. The molecule has 1 aromatic rings. The minimum atomic E-state index is -0.451. The lowest BCUT2D eigenvalue weighted by atomic mass is 9.95. The summed E-state index contributed by atoms with van der Waals surface area (Å²) in [4.78, 5) is 0. The van der Waals surface area contributed by atoms with E-state index in [0.717, 1.165) is 0 Å². The fourth-order valence-electron chi connectivity index (χ4n) is 1.12. The van der Waals surface area contributed by atoms with Crippen LogP contribution >= 0.6 is 0 Å². The molecule has 16 heavy (non-hydrogen) atoms. The van der Waals surface area contributed by atoms with Crippen LogP contribution in [0.4, 0.5) is 10.1 Å². The van der Waals surface area contributed by atoms with Crippen LogP contribution in [-0.4, -0.2) is 18.3 Å². The molecule has 0 unspecified atom stereocenters. The average Bonchev–Trinajstić information content (AvgIpc) is 2.27. The summed E-state index contributed by atoms with van der Waals surface area (Å²) in [5, 5.41) is 20.5. The van der Waals surface area contributed by atoms with Crippen molar-refractivity contribution in [3.05, 3.63) is 29.6 Å². The highest BCUT2D eigenvalue weighted by Gasteiger charge is 2.16. The summed E-state index contributed by atoms with van der Waals surface area (Å²) in [7, 11) is 0. The maximum atomic E-state index is 13.4. The van der Waals surface area contributed by atoms with Gasteiger partial charge in [0.15, 0.2) is 0 Å². The predicted molar refractivity (Wildman–Crippen MR) is 60.5 cm³/mol. The molecule has 86 valence electrons. The maximum Gasteiger partial charge on any atom is 0.147 e. The molecule has 0 fully saturated rings. The fraction of sp³-hybridized carbons (Fsp3) is 0.417. The largest absolute Gasteiger partial charge is 0.396 e. The first kappa shape index (κ1) is 12.5. The molecule has 0 aliphatic carbocycles. The van der Waals surface area contributed by atoms with Gasteiger partial charge in [-0.3, -0.25) is 0 Å². The summed E-state index contributed by atoms with van der Waals surface area (Å²) in [5.74, 6) is -0.451. The Kier molecular flexibility index (Phi) is 3.86. The summed E-state index contributed by atoms with van der Waals surface area (Å²) < 4.78 is 13.4. The predicted octanol–water partition coefficient (Wildman–Crippen LogP) is 2.13. The standard InChI is InChI=1S/C12H15FN2O/c1-12(2,8-16)7-15-11-4-3-9(6-14)5-10(11)13/h3-5,15-16H,7-8H2,1-2H3. The molecule has 0 atom stereocenters. The summed E-state index contributed by atoms with van der Waals surface area (Å²) in [6.45, 7) is 4.24. The van der Waals surface area contributed by atoms with Crippen molar-refractivity contribution in [1.82, 2.24) is 0 Å². The van der Waals surface area contributed by atoms with E-state index in [9.17, 15) is 4.39 Å². The first-order valence-electron chi connectivity index (χ1n) is 5.03. The Hall–Kier alpha value is -1.60. The Morgan fingerprint density at radius 1 is 1.50 bits per heavy atom. The van der Waals surface area contributed by atoms with E-state index in [2.05, 4.69) is 5.32 Å². The van der Waals surface area contributed by atoms with Gasteiger partial charge in [-0.2, -0.15) is 5.26 Å². The fourth-order valence-corrected chi connectivity index (χ4v) is 1.12. The molecule has 1 aromatic carbocycles. The van der Waals surface area contributed by atoms with E-state index in [-0.39, 0.29) is 12.0 Å². The molecule has 3 nitrogen and oxygen atoms in total. The minimum absolute atomic E-state index is 0.0257. The van der Waals surface area contributed by atoms with Crippen LogP contribution < -0.4 is 5.32 Å². The molecule has 4 heteroatoms. The summed E-state index contributed by atoms with van der Waals surface area (Å²) in [5.41, 5.74) is 0.338. The number of aliphatic hydroxyl groups is 1. The number of benzene rings is 1. The number of nitrogens with zero attached hydrogens (tertiary/aromatic N) is 1. The third kappa shape index (κ3) is 3.21. The van der Waals surface area contributed by atoms with Gasteiger partial charge in [0, 0.05) is 18.6 Å². The van der Waals surface area contributed by atoms with Gasteiger partial charge in [-0.15, -0.1) is 0 Å². The third-order valence-electron chi connectivity index (χ3n) is 2.28. The van der Waals surface area contributed by atoms with E-state index in [0.29, 0.717) is 17.8 Å². The molecule has 0 radical (unpaired) electrons. The molecule has 0 bridgehead atoms. The van der Waals surface area contributed by atoms with Crippen LogP contribution in [0.25, 0.3) is 0 Å². The minimum Gasteiger partial charge on any atom is -0.396 e. The van der Waals surface area contributed by atoms with Crippen molar-refractivity contribution >= 4 is 5.69 Å². The van der Waals surface area contributed by atoms with E-state index >= 15 is 0 Å². The number of hydrogen-bond acceptors (Lipinski definition) is 3.